The van der Waals surface area contributed by atoms with Crippen LogP contribution in [-0.2, 0) is 12.8 Å². The Morgan fingerprint density at radius 1 is 1.59 bits per heavy atom. The summed E-state index contributed by atoms with van der Waals surface area (Å²) in [4.78, 5) is 11.1. The number of rotatable bonds is 3. The van der Waals surface area contributed by atoms with Crippen LogP contribution in [0.4, 0.5) is 10.1 Å². The average Bonchev–Trinajstić information content (AvgIpc) is 2.62. The number of benzene rings is 1. The molecule has 7 heteroatoms. The molecule has 0 atom stereocenters. The number of hydrogen-bond acceptors (Lipinski definition) is 4. The van der Waals surface area contributed by atoms with Crippen LogP contribution in [0.15, 0.2) is 28.2 Å². The first-order valence-corrected chi connectivity index (χ1v) is 5.84. The second-order valence-corrected chi connectivity index (χ2v) is 4.46. The summed E-state index contributed by atoms with van der Waals surface area (Å²) >= 11 is 1.35. The maximum absolute atomic E-state index is 13.2. The lowest BCUT2D eigenvalue weighted by Crippen LogP contribution is -2.12. The van der Waals surface area contributed by atoms with E-state index in [9.17, 15) is 9.18 Å². The highest BCUT2D eigenvalue weighted by Gasteiger charge is 2.06. The zero-order valence-corrected chi connectivity index (χ0v) is 9.92. The van der Waals surface area contributed by atoms with Gasteiger partial charge in [-0.1, -0.05) is 17.8 Å². The molecular formula is C10H11FN4OS. The molecule has 0 radical (unpaired) electrons. The topological polar surface area (TPSA) is 76.7 Å². The Morgan fingerprint density at radius 3 is 2.94 bits per heavy atom. The zero-order chi connectivity index (χ0) is 12.4. The van der Waals surface area contributed by atoms with Crippen LogP contribution >= 0.6 is 11.8 Å². The molecule has 3 N–H and O–H groups in total. The maximum Gasteiger partial charge on any atom is 0.343 e. The van der Waals surface area contributed by atoms with Crippen LogP contribution in [0.3, 0.4) is 0 Å². The summed E-state index contributed by atoms with van der Waals surface area (Å²) in [5.74, 6) is 0.0917. The third-order valence-electron chi connectivity index (χ3n) is 2.27. The van der Waals surface area contributed by atoms with Gasteiger partial charge in [-0.05, 0) is 17.7 Å². The van der Waals surface area contributed by atoms with Gasteiger partial charge >= 0.3 is 5.69 Å². The zero-order valence-electron chi connectivity index (χ0n) is 9.11. The lowest BCUT2D eigenvalue weighted by molar-refractivity contribution is 0.631. The maximum atomic E-state index is 13.2. The van der Waals surface area contributed by atoms with E-state index >= 15 is 0 Å². The predicted molar refractivity (Wildman–Crippen MR) is 64.2 cm³/mol. The number of nitrogens with two attached hydrogens (primary N) is 1. The van der Waals surface area contributed by atoms with Gasteiger partial charge in [0.05, 0.1) is 5.69 Å². The number of anilines is 1. The first-order valence-electron chi connectivity index (χ1n) is 4.86. The van der Waals surface area contributed by atoms with E-state index in [2.05, 4.69) is 10.2 Å². The van der Waals surface area contributed by atoms with E-state index in [0.29, 0.717) is 10.9 Å². The minimum Gasteiger partial charge on any atom is -0.396 e. The smallest absolute Gasteiger partial charge is 0.343 e. The largest absolute Gasteiger partial charge is 0.396 e. The van der Waals surface area contributed by atoms with Crippen molar-refractivity contribution in [3.63, 3.8) is 0 Å². The summed E-state index contributed by atoms with van der Waals surface area (Å²) in [6, 6.07) is 4.65. The van der Waals surface area contributed by atoms with Gasteiger partial charge in [-0.25, -0.2) is 14.3 Å². The molecule has 1 aromatic heterocycles. The third kappa shape index (κ3) is 2.50. The molecular weight excluding hydrogens is 243 g/mol. The van der Waals surface area contributed by atoms with Crippen LogP contribution in [0.5, 0.6) is 0 Å². The third-order valence-corrected chi connectivity index (χ3v) is 3.37. The number of halogens is 1. The van der Waals surface area contributed by atoms with Crippen molar-refractivity contribution in [3.05, 3.63) is 40.1 Å². The fourth-order valence-corrected chi connectivity index (χ4v) is 2.13. The van der Waals surface area contributed by atoms with Gasteiger partial charge < -0.3 is 5.73 Å². The van der Waals surface area contributed by atoms with Gasteiger partial charge in [-0.3, -0.25) is 4.57 Å². The summed E-state index contributed by atoms with van der Waals surface area (Å²) < 4.78 is 14.6. The summed E-state index contributed by atoms with van der Waals surface area (Å²) in [7, 11) is 1.62. The number of hydrogen-bond donors (Lipinski definition) is 2. The molecule has 0 aliphatic rings. The fraction of sp³-hybridized carbons (Fsp3) is 0.200. The van der Waals surface area contributed by atoms with E-state index in [0.717, 1.165) is 5.56 Å². The van der Waals surface area contributed by atoms with Crippen molar-refractivity contribution >= 4 is 17.4 Å². The van der Waals surface area contributed by atoms with Gasteiger partial charge in [0.15, 0.2) is 5.16 Å². The second-order valence-electron chi connectivity index (χ2n) is 3.51. The molecule has 0 saturated carbocycles. The highest BCUT2D eigenvalue weighted by atomic mass is 32.2. The quantitative estimate of drug-likeness (QED) is 0.635. The number of H-pyrrole nitrogens is 1. The number of aromatic amines is 1. The number of thioether (sulfide) groups is 1. The minimum absolute atomic E-state index is 0.130. The molecule has 5 nitrogen and oxygen atoms in total. The van der Waals surface area contributed by atoms with Gasteiger partial charge in [0.1, 0.15) is 5.82 Å². The molecule has 90 valence electrons. The first kappa shape index (κ1) is 11.7. The van der Waals surface area contributed by atoms with Crippen LogP contribution in [-0.4, -0.2) is 14.8 Å². The van der Waals surface area contributed by atoms with E-state index in [-0.39, 0.29) is 11.4 Å². The first-order chi connectivity index (χ1) is 8.08. The molecule has 0 fully saturated rings. The fourth-order valence-electron chi connectivity index (χ4n) is 1.27. The Balaban J connectivity index is 2.10. The Labute approximate surface area is 101 Å². The van der Waals surface area contributed by atoms with Gasteiger partial charge in [0.25, 0.3) is 0 Å². The summed E-state index contributed by atoms with van der Waals surface area (Å²) in [5, 5.41) is 6.74. The summed E-state index contributed by atoms with van der Waals surface area (Å²) in [6.45, 7) is 0. The molecule has 1 heterocycles. The van der Waals surface area contributed by atoms with Crippen LogP contribution in [0.25, 0.3) is 0 Å². The molecule has 2 aromatic rings. The molecule has 0 amide bonds. The molecule has 0 aliphatic carbocycles. The van der Waals surface area contributed by atoms with Crippen molar-refractivity contribution in [1.29, 1.82) is 0 Å². The Bertz CT molecular complexity index is 592. The lowest BCUT2D eigenvalue weighted by atomic mass is 10.2. The number of nitrogens with zero attached hydrogens (tertiary/aromatic N) is 2. The summed E-state index contributed by atoms with van der Waals surface area (Å²) in [5.41, 5.74) is 6.03. The second kappa shape index (κ2) is 4.62. The predicted octanol–water partition coefficient (Wildman–Crippen LogP) is 1.12. The normalized spacial score (nSPS) is 10.7. The van der Waals surface area contributed by atoms with Crippen molar-refractivity contribution in [2.24, 2.45) is 7.05 Å². The molecule has 1 aromatic carbocycles. The van der Waals surface area contributed by atoms with Crippen molar-refractivity contribution in [2.75, 3.05) is 5.73 Å². The Morgan fingerprint density at radius 2 is 2.35 bits per heavy atom. The summed E-state index contributed by atoms with van der Waals surface area (Å²) in [6.07, 6.45) is 0. The van der Waals surface area contributed by atoms with Gasteiger partial charge in [0.2, 0.25) is 0 Å². The lowest BCUT2D eigenvalue weighted by Gasteiger charge is -2.02. The molecule has 0 saturated heterocycles. The molecule has 0 spiro atoms. The average molecular weight is 254 g/mol. The molecule has 0 unspecified atom stereocenters. The highest BCUT2D eigenvalue weighted by Crippen LogP contribution is 2.21. The van der Waals surface area contributed by atoms with Gasteiger partial charge in [0, 0.05) is 12.8 Å². The van der Waals surface area contributed by atoms with Crippen LogP contribution < -0.4 is 11.4 Å². The van der Waals surface area contributed by atoms with Crippen LogP contribution in [0, 0.1) is 5.82 Å². The van der Waals surface area contributed by atoms with Crippen LogP contribution in [0.1, 0.15) is 5.56 Å². The van der Waals surface area contributed by atoms with Crippen LogP contribution in [0.2, 0.25) is 0 Å². The Kier molecular flexibility index (Phi) is 3.19. The number of aromatic nitrogens is 3. The standard InChI is InChI=1S/C10H11FN4OS/c1-15-9(16)13-14-10(15)17-5-6-2-3-8(12)7(11)4-6/h2-4H,5,12H2,1H3,(H,13,16). The van der Waals surface area contributed by atoms with Gasteiger partial charge in [-0.2, -0.15) is 0 Å². The molecule has 2 rings (SSSR count). The minimum atomic E-state index is -0.431. The molecule has 0 bridgehead atoms. The highest BCUT2D eigenvalue weighted by molar-refractivity contribution is 7.98. The van der Waals surface area contributed by atoms with E-state index in [4.69, 9.17) is 5.73 Å². The molecule has 17 heavy (non-hydrogen) atoms. The monoisotopic (exact) mass is 254 g/mol. The Hall–Kier alpha value is -1.76. The van der Waals surface area contributed by atoms with Crippen molar-refractivity contribution in [1.82, 2.24) is 14.8 Å². The number of nitrogen functional groups attached to an aromatic ring is 1. The number of nitrogens with one attached hydrogen (secondary N) is 1. The van der Waals surface area contributed by atoms with E-state index < -0.39 is 5.82 Å². The van der Waals surface area contributed by atoms with Crippen molar-refractivity contribution in [3.8, 4) is 0 Å². The van der Waals surface area contributed by atoms with E-state index in [1.165, 1.54) is 28.5 Å². The van der Waals surface area contributed by atoms with Crippen molar-refractivity contribution in [2.45, 2.75) is 10.9 Å². The van der Waals surface area contributed by atoms with E-state index in [1.807, 2.05) is 0 Å². The van der Waals surface area contributed by atoms with Gasteiger partial charge in [-0.15, -0.1) is 5.10 Å². The van der Waals surface area contributed by atoms with E-state index in [1.54, 1.807) is 13.1 Å². The molecule has 0 aliphatic heterocycles. The van der Waals surface area contributed by atoms with Crippen molar-refractivity contribution < 1.29 is 4.39 Å². The SMILES string of the molecule is Cn1c(SCc2ccc(N)c(F)c2)n[nH]c1=O.